The van der Waals surface area contributed by atoms with Crippen molar-refractivity contribution in [2.24, 2.45) is 0 Å². The van der Waals surface area contributed by atoms with Crippen LogP contribution < -0.4 is 15.9 Å². The van der Waals surface area contributed by atoms with Crippen LogP contribution in [-0.2, 0) is 32.2 Å². The van der Waals surface area contributed by atoms with Gasteiger partial charge in [0.25, 0.3) is 0 Å². The number of carbonyl (C=O) groups is 2. The van der Waals surface area contributed by atoms with Gasteiger partial charge in [-0.15, -0.1) is 0 Å². The number of rotatable bonds is 5. The summed E-state index contributed by atoms with van der Waals surface area (Å²) in [5, 5.41) is 4.31. The van der Waals surface area contributed by atoms with Gasteiger partial charge in [0.2, 0.25) is 0 Å². The Bertz CT molecular complexity index is 801. The molecule has 5 heteroatoms. The molecule has 0 amide bonds. The van der Waals surface area contributed by atoms with Crippen molar-refractivity contribution in [2.45, 2.75) is 13.3 Å². The van der Waals surface area contributed by atoms with Crippen molar-refractivity contribution in [3.63, 3.8) is 0 Å². The van der Waals surface area contributed by atoms with E-state index in [4.69, 9.17) is 4.79 Å². The molecule has 0 radical (unpaired) electrons. The van der Waals surface area contributed by atoms with Crippen LogP contribution in [0.2, 0.25) is 0 Å². The van der Waals surface area contributed by atoms with Crippen molar-refractivity contribution < 1.29 is 32.2 Å². The summed E-state index contributed by atoms with van der Waals surface area (Å²) in [5.41, 5.74) is 0. The molecule has 3 nitrogen and oxygen atoms in total. The zero-order valence-corrected chi connectivity index (χ0v) is 18.8. The molecule has 0 aromatic heterocycles. The minimum absolute atomic E-state index is 0.0278. The molecule has 0 atom stereocenters. The van der Waals surface area contributed by atoms with Gasteiger partial charge in [-0.3, -0.25) is 4.79 Å². The standard InChI is InChI=1S/C18H15P.C5H7O2.CO.Rh/c1-4-10-16(11-5-1)19(17-12-6-2-7-13-17)18-14-8-3-9-15-18;1-4(6)3-5(2)7;1-2;/h1-15H;1,3H2,2H3;;/q;-1;;/p+1. The Morgan fingerprint density at radius 3 is 1.24 bits per heavy atom. The third-order valence-electron chi connectivity index (χ3n) is 3.63. The molecule has 0 fully saturated rings. The van der Waals surface area contributed by atoms with Crippen LogP contribution in [0.3, 0.4) is 0 Å². The molecule has 0 heterocycles. The molecule has 0 N–H and O–H groups in total. The molecule has 0 unspecified atom stereocenters. The Morgan fingerprint density at radius 2 is 1.07 bits per heavy atom. The van der Waals surface area contributed by atoms with Crippen LogP contribution in [-0.4, -0.2) is 16.0 Å². The van der Waals surface area contributed by atoms with E-state index < -0.39 is 7.92 Å². The first-order valence-electron chi connectivity index (χ1n) is 8.82. The van der Waals surface area contributed by atoms with Gasteiger partial charge in [-0.1, -0.05) is 54.6 Å². The van der Waals surface area contributed by atoms with Gasteiger partial charge in [0.15, 0.2) is 0 Å². The fourth-order valence-electron chi connectivity index (χ4n) is 2.59. The van der Waals surface area contributed by atoms with Gasteiger partial charge in [-0.05, 0) is 43.3 Å². The maximum atomic E-state index is 9.99. The second-order valence-electron chi connectivity index (χ2n) is 5.96. The number of hydrogen-bond acceptors (Lipinski definition) is 3. The van der Waals surface area contributed by atoms with Gasteiger partial charge in [0.1, 0.15) is 21.7 Å². The first kappa shape index (κ1) is 24.5. The van der Waals surface area contributed by atoms with Crippen LogP contribution in [0.25, 0.3) is 0 Å². The minimum atomic E-state index is -0.877. The van der Waals surface area contributed by atoms with Crippen molar-refractivity contribution in [3.05, 3.63) is 97.9 Å². The SMILES string of the molecule is O=[C]=[Rh].[CH2-]C(=O)CC(C)=O.c1ccc([PH+](c2ccccc2)c2ccccc2)cc1. The fraction of sp³-hybridized carbons (Fsp3) is 0.0833. The van der Waals surface area contributed by atoms with E-state index in [1.54, 1.807) is 0 Å². The van der Waals surface area contributed by atoms with Crippen LogP contribution in [0.4, 0.5) is 0 Å². The smallest absolute Gasteiger partial charge is 0.134 e. The Morgan fingerprint density at radius 1 is 0.793 bits per heavy atom. The molecular weight excluding hydrogens is 470 g/mol. The van der Waals surface area contributed by atoms with Gasteiger partial charge >= 0.3 is 27.1 Å². The second kappa shape index (κ2) is 14.5. The fourth-order valence-corrected chi connectivity index (χ4v) is 5.17. The summed E-state index contributed by atoms with van der Waals surface area (Å²) in [6.45, 7) is 4.38. The molecule has 3 aromatic rings. The maximum absolute atomic E-state index is 9.99. The predicted molar refractivity (Wildman–Crippen MR) is 118 cm³/mol. The predicted octanol–water partition coefficient (Wildman–Crippen LogP) is 3.15. The van der Waals surface area contributed by atoms with Crippen LogP contribution in [0.5, 0.6) is 0 Å². The zero-order chi connectivity index (χ0) is 21.5. The van der Waals surface area contributed by atoms with E-state index in [1.165, 1.54) is 27.3 Å². The third-order valence-corrected chi connectivity index (χ3v) is 6.37. The summed E-state index contributed by atoms with van der Waals surface area (Å²) in [6, 6.07) is 32.5. The summed E-state index contributed by atoms with van der Waals surface area (Å²) in [4.78, 5) is 28.5. The Balaban J connectivity index is 0.000000355. The van der Waals surface area contributed by atoms with Crippen LogP contribution >= 0.6 is 7.92 Å². The molecule has 0 spiro atoms. The molecule has 29 heavy (non-hydrogen) atoms. The first-order chi connectivity index (χ1) is 14.0. The molecule has 3 aromatic carbocycles. The van der Waals surface area contributed by atoms with Gasteiger partial charge in [-0.2, -0.15) is 0 Å². The van der Waals surface area contributed by atoms with Gasteiger partial charge in [-0.25, -0.2) is 0 Å². The van der Waals surface area contributed by atoms with Crippen molar-refractivity contribution in [3.8, 4) is 0 Å². The van der Waals surface area contributed by atoms with Crippen molar-refractivity contribution >= 4 is 39.9 Å². The Hall–Kier alpha value is -2.50. The quantitative estimate of drug-likeness (QED) is 0.238. The van der Waals surface area contributed by atoms with Crippen LogP contribution in [0.1, 0.15) is 13.3 Å². The average molecular weight is 493 g/mol. The Kier molecular flexibility index (Phi) is 12.3. The number of Topliss-reactive ketones (excluding diaryl/α,β-unsaturated/α-hetero) is 2. The van der Waals surface area contributed by atoms with Crippen molar-refractivity contribution in [1.82, 2.24) is 0 Å². The summed E-state index contributed by atoms with van der Waals surface area (Å²) < 4.78 is 1.39. The summed E-state index contributed by atoms with van der Waals surface area (Å²) >= 11 is 1.92. The minimum Gasteiger partial charge on any atom is -0.339 e. The number of hydrogen-bond donors (Lipinski definition) is 0. The van der Waals surface area contributed by atoms with Crippen molar-refractivity contribution in [1.29, 1.82) is 0 Å². The molecular formula is C24H23O3PRh. The Labute approximate surface area is 183 Å². The summed E-state index contributed by atoms with van der Waals surface area (Å²) in [7, 11) is -0.877. The monoisotopic (exact) mass is 493 g/mol. The van der Waals surface area contributed by atoms with E-state index in [0.29, 0.717) is 0 Å². The number of ketones is 2. The van der Waals surface area contributed by atoms with Crippen LogP contribution in [0, 0.1) is 6.92 Å². The molecule has 0 aliphatic rings. The molecule has 0 bridgehead atoms. The van der Waals surface area contributed by atoms with Gasteiger partial charge in [0, 0.05) is 12.2 Å². The average Bonchev–Trinajstić information content (AvgIpc) is 2.71. The maximum Gasteiger partial charge on any atom is 0.134 e. The molecule has 0 aliphatic heterocycles. The molecule has 151 valence electrons. The van der Waals surface area contributed by atoms with E-state index in [1.807, 2.05) is 17.9 Å². The zero-order valence-electron chi connectivity index (χ0n) is 16.1. The normalized spacial score (nSPS) is 9.21. The van der Waals surface area contributed by atoms with Gasteiger partial charge in [0.05, 0.1) is 7.92 Å². The van der Waals surface area contributed by atoms with E-state index >= 15 is 0 Å². The number of benzene rings is 3. The summed E-state index contributed by atoms with van der Waals surface area (Å²) in [5.74, 6) is -0.437. The van der Waals surface area contributed by atoms with E-state index in [9.17, 15) is 9.59 Å². The topological polar surface area (TPSA) is 51.2 Å². The van der Waals surface area contributed by atoms with E-state index in [0.717, 1.165) is 0 Å². The van der Waals surface area contributed by atoms with Crippen molar-refractivity contribution in [2.75, 3.05) is 0 Å². The molecule has 0 saturated carbocycles. The number of carbonyl (C=O) groups excluding carboxylic acids is 3. The molecule has 0 aliphatic carbocycles. The largest absolute Gasteiger partial charge is 0.339 e. The second-order valence-corrected chi connectivity index (χ2v) is 8.78. The summed E-state index contributed by atoms with van der Waals surface area (Å²) in [6.07, 6.45) is -0.0278. The first-order valence-corrected chi connectivity index (χ1v) is 11.1. The van der Waals surface area contributed by atoms with Gasteiger partial charge < -0.3 is 11.7 Å². The van der Waals surface area contributed by atoms with E-state index in [-0.39, 0.29) is 18.0 Å². The van der Waals surface area contributed by atoms with Crippen LogP contribution in [0.15, 0.2) is 91.0 Å². The molecule has 0 saturated heterocycles. The van der Waals surface area contributed by atoms with E-state index in [2.05, 4.69) is 97.9 Å². The molecule has 3 rings (SSSR count). The third kappa shape index (κ3) is 10.0.